The molecular weight excluding hydrogens is 875 g/mol. The van der Waals surface area contributed by atoms with Crippen LogP contribution in [0.4, 0.5) is 31.8 Å². The van der Waals surface area contributed by atoms with Crippen molar-refractivity contribution in [2.75, 3.05) is 125 Å². The Labute approximate surface area is 397 Å². The molecule has 4 amide bonds. The lowest BCUT2D eigenvalue weighted by Crippen LogP contribution is -2.66. The Balaban J connectivity index is 0.653. The van der Waals surface area contributed by atoms with Gasteiger partial charge in [0, 0.05) is 120 Å². The first-order valence-electron chi connectivity index (χ1n) is 24.4. The highest BCUT2D eigenvalue weighted by molar-refractivity contribution is 6.05. The molecule has 0 aliphatic carbocycles. The summed E-state index contributed by atoms with van der Waals surface area (Å²) >= 11 is 0. The summed E-state index contributed by atoms with van der Waals surface area (Å²) in [4.78, 5) is 71.5. The third kappa shape index (κ3) is 11.3. The molecule has 17 nitrogen and oxygen atoms in total. The maximum Gasteiger partial charge on any atom is 0.255 e. The predicted octanol–water partition coefficient (Wildman–Crippen LogP) is 3.27. The van der Waals surface area contributed by atoms with E-state index in [1.165, 1.54) is 12.1 Å². The molecule has 6 aliphatic rings. The van der Waals surface area contributed by atoms with Gasteiger partial charge in [-0.2, -0.15) is 0 Å². The van der Waals surface area contributed by atoms with Crippen LogP contribution in [-0.4, -0.2) is 170 Å². The number of rotatable bonds is 16. The van der Waals surface area contributed by atoms with Gasteiger partial charge < -0.3 is 35.4 Å². The minimum atomic E-state index is -0.625. The monoisotopic (exact) mass is 941 g/mol. The number of piperidine rings is 3. The van der Waals surface area contributed by atoms with Crippen molar-refractivity contribution in [3.05, 3.63) is 71.1 Å². The number of carbonyl (C=O) groups is 4. The van der Waals surface area contributed by atoms with Gasteiger partial charge in [0.15, 0.2) is 0 Å². The van der Waals surface area contributed by atoms with Gasteiger partial charge in [-0.3, -0.25) is 39.2 Å². The van der Waals surface area contributed by atoms with Crippen LogP contribution in [0.5, 0.6) is 0 Å². The van der Waals surface area contributed by atoms with E-state index < -0.39 is 29.1 Å². The van der Waals surface area contributed by atoms with Gasteiger partial charge in [-0.1, -0.05) is 13.8 Å². The van der Waals surface area contributed by atoms with Crippen LogP contribution in [0.25, 0.3) is 0 Å². The van der Waals surface area contributed by atoms with Crippen molar-refractivity contribution in [2.45, 2.75) is 77.0 Å². The molecule has 2 aromatic carbocycles. The van der Waals surface area contributed by atoms with Crippen LogP contribution in [0.2, 0.25) is 0 Å². The number of nitrogens with zero attached hydrogens (tertiary/aromatic N) is 8. The van der Waals surface area contributed by atoms with Crippen molar-refractivity contribution in [3.63, 3.8) is 0 Å². The Hall–Kier alpha value is -5.50. The smallest absolute Gasteiger partial charge is 0.255 e. The third-order valence-electron chi connectivity index (χ3n) is 14.8. The van der Waals surface area contributed by atoms with Crippen LogP contribution in [0.1, 0.15) is 73.9 Å². The quantitative estimate of drug-likeness (QED) is 0.122. The molecule has 0 saturated carbocycles. The largest absolute Gasteiger partial charge is 0.383 e. The average molecular weight is 941 g/mol. The number of piperazine rings is 2. The van der Waals surface area contributed by atoms with Gasteiger partial charge in [-0.05, 0) is 80.4 Å². The Morgan fingerprint density at radius 1 is 0.765 bits per heavy atom. The Morgan fingerprint density at radius 3 is 2.29 bits per heavy atom. The van der Waals surface area contributed by atoms with E-state index in [9.17, 15) is 19.2 Å². The molecule has 5 saturated heterocycles. The first kappa shape index (κ1) is 47.6. The lowest BCUT2D eigenvalue weighted by atomic mass is 9.82. The average Bonchev–Trinajstić information content (AvgIpc) is 3.64. The fourth-order valence-electron chi connectivity index (χ4n) is 10.5. The van der Waals surface area contributed by atoms with Crippen molar-refractivity contribution >= 4 is 46.6 Å². The number of anilines is 4. The molecule has 6 aliphatic heterocycles. The minimum Gasteiger partial charge on any atom is -0.383 e. The number of ether oxygens (including phenoxy) is 1. The topological polar surface area (TPSA) is 171 Å². The van der Waals surface area contributed by atoms with Crippen molar-refractivity contribution in [2.24, 2.45) is 5.41 Å². The number of fused-ring (bicyclic) bond motifs is 1. The molecule has 4 N–H and O–H groups in total. The van der Waals surface area contributed by atoms with Crippen LogP contribution in [0, 0.1) is 17.0 Å². The van der Waals surface area contributed by atoms with E-state index >= 15 is 8.78 Å². The van der Waals surface area contributed by atoms with Gasteiger partial charge in [0.2, 0.25) is 17.7 Å². The number of likely N-dealkylation sites (tertiary alicyclic amines) is 1. The highest BCUT2D eigenvalue weighted by Crippen LogP contribution is 2.35. The zero-order valence-corrected chi connectivity index (χ0v) is 39.5. The molecule has 1 unspecified atom stereocenters. The zero-order valence-electron chi connectivity index (χ0n) is 39.5. The third-order valence-corrected chi connectivity index (χ3v) is 14.8. The summed E-state index contributed by atoms with van der Waals surface area (Å²) in [6, 6.07) is 9.56. The second-order valence-corrected chi connectivity index (χ2v) is 20.2. The molecule has 19 heteroatoms. The number of hydrogen-bond acceptors (Lipinski definition) is 14. The van der Waals surface area contributed by atoms with Crippen molar-refractivity contribution in [1.29, 1.82) is 0 Å². The van der Waals surface area contributed by atoms with E-state index in [1.54, 1.807) is 22.2 Å². The van der Waals surface area contributed by atoms with E-state index in [4.69, 9.17) is 4.74 Å². The second-order valence-electron chi connectivity index (χ2n) is 20.2. The highest BCUT2D eigenvalue weighted by Gasteiger charge is 2.43. The number of aromatic nitrogens is 2. The lowest BCUT2D eigenvalue weighted by molar-refractivity contribution is -0.137. The fraction of sp³-hybridized carbons (Fsp3) is 0.592. The van der Waals surface area contributed by atoms with Crippen LogP contribution < -0.4 is 31.1 Å². The minimum absolute atomic E-state index is 0.0164. The van der Waals surface area contributed by atoms with Gasteiger partial charge >= 0.3 is 0 Å². The summed E-state index contributed by atoms with van der Waals surface area (Å²) in [7, 11) is 0. The first-order chi connectivity index (χ1) is 32.8. The summed E-state index contributed by atoms with van der Waals surface area (Å²) in [5, 5.41) is 12.4. The normalized spacial score (nSPS) is 22.4. The fourth-order valence-corrected chi connectivity index (χ4v) is 10.5. The summed E-state index contributed by atoms with van der Waals surface area (Å²) in [5.74, 6) is -0.434. The molecule has 9 rings (SSSR count). The van der Waals surface area contributed by atoms with E-state index in [0.29, 0.717) is 82.9 Å². The van der Waals surface area contributed by atoms with Crippen molar-refractivity contribution in [3.8, 4) is 0 Å². The molecule has 1 spiro atoms. The van der Waals surface area contributed by atoms with Crippen LogP contribution in [0.3, 0.4) is 0 Å². The van der Waals surface area contributed by atoms with Crippen molar-refractivity contribution in [1.82, 2.24) is 40.2 Å². The molecule has 0 radical (unpaired) electrons. The van der Waals surface area contributed by atoms with Crippen LogP contribution in [0.15, 0.2) is 42.7 Å². The SMILES string of the molecule is CC1(C)CCN(Cc2cc(F)c(N3CC(=O)NC4(CCN(c5cc(NCCN6CCN(CCOCCNc7ccc8c(c7)CN(C7CCC(=O)NC7=O)C8=O)CC6)ncn5)CC4)C3)cc2F)CC1. The molecular formula is C49H66F2N12O5. The maximum absolute atomic E-state index is 15.7. The van der Waals surface area contributed by atoms with Gasteiger partial charge in [-0.25, -0.2) is 18.7 Å². The molecule has 7 heterocycles. The molecule has 1 atom stereocenters. The maximum atomic E-state index is 15.7. The van der Waals surface area contributed by atoms with E-state index in [-0.39, 0.29) is 41.8 Å². The van der Waals surface area contributed by atoms with Crippen LogP contribution in [-0.2, 0) is 32.2 Å². The molecule has 1 aromatic heterocycles. The standard InChI is InChI=1S/C49H66F2N12O5/c1-48(2)7-13-60(14-8-48)29-35-26-39(51)41(27-38(35)50)62-31-45(65)57-49(32-62)9-15-61(16-10-49)43-28-42(54-33-55-43)53-11-17-58-18-20-59(21-19-58)22-24-68-23-12-52-36-3-4-37-34(25-36)30-63(47(37)67)40-5-6-44(64)56-46(40)66/h3-4,25-28,33,40,52H,5-24,29-32H2,1-2H3,(H,57,65)(H,53,54,55)(H,56,64,66). The molecule has 5 fully saturated rings. The number of nitrogens with one attached hydrogen (secondary N) is 4. The van der Waals surface area contributed by atoms with E-state index in [0.717, 1.165) is 94.6 Å². The van der Waals surface area contributed by atoms with E-state index in [2.05, 4.69) is 64.7 Å². The van der Waals surface area contributed by atoms with Gasteiger partial charge in [-0.15, -0.1) is 0 Å². The highest BCUT2D eigenvalue weighted by atomic mass is 19.1. The number of imide groups is 1. The van der Waals surface area contributed by atoms with E-state index in [1.807, 2.05) is 18.2 Å². The molecule has 68 heavy (non-hydrogen) atoms. The Kier molecular flexibility index (Phi) is 14.4. The lowest BCUT2D eigenvalue weighted by Gasteiger charge is -2.48. The first-order valence-corrected chi connectivity index (χ1v) is 24.4. The zero-order chi connectivity index (χ0) is 47.4. The van der Waals surface area contributed by atoms with Gasteiger partial charge in [0.05, 0.1) is 31.0 Å². The Bertz CT molecular complexity index is 2330. The number of halogens is 2. The summed E-state index contributed by atoms with van der Waals surface area (Å²) in [6.07, 6.45) is 5.49. The molecule has 366 valence electrons. The van der Waals surface area contributed by atoms with Gasteiger partial charge in [0.25, 0.3) is 5.91 Å². The summed E-state index contributed by atoms with van der Waals surface area (Å²) < 4.78 is 37.1. The Morgan fingerprint density at radius 2 is 1.53 bits per heavy atom. The summed E-state index contributed by atoms with van der Waals surface area (Å²) in [5.41, 5.74) is 2.56. The molecule has 0 bridgehead atoms. The number of amides is 4. The van der Waals surface area contributed by atoms with Crippen LogP contribution >= 0.6 is 0 Å². The molecule has 3 aromatic rings. The second kappa shape index (κ2) is 20.6. The number of carbonyl (C=O) groups excluding carboxylic acids is 4. The number of hydrogen-bond donors (Lipinski definition) is 4. The number of benzene rings is 2. The van der Waals surface area contributed by atoms with Gasteiger partial charge in [0.1, 0.15) is 35.6 Å². The summed E-state index contributed by atoms with van der Waals surface area (Å²) in [6.45, 7) is 16.8. The van der Waals surface area contributed by atoms with Crippen molar-refractivity contribution < 1.29 is 32.7 Å². The predicted molar refractivity (Wildman–Crippen MR) is 254 cm³/mol.